The zero-order valence-corrected chi connectivity index (χ0v) is 30.5. The number of aromatic nitrogens is 8. The highest BCUT2D eigenvalue weighted by Crippen LogP contribution is 2.18. The van der Waals surface area contributed by atoms with E-state index in [2.05, 4.69) is 46.1 Å². The predicted octanol–water partition coefficient (Wildman–Crippen LogP) is 1.87. The lowest BCUT2D eigenvalue weighted by atomic mass is 10.1. The van der Waals surface area contributed by atoms with Crippen molar-refractivity contribution < 1.29 is 41.5 Å². The van der Waals surface area contributed by atoms with Crippen LogP contribution in [-0.4, -0.2) is 94.4 Å². The van der Waals surface area contributed by atoms with Gasteiger partial charge in [-0.15, -0.1) is 0 Å². The van der Waals surface area contributed by atoms with Crippen LogP contribution in [0.4, 0.5) is 8.78 Å². The molecule has 4 aromatic heterocycles. The number of carbonyl (C=O) groups is 4. The molecule has 1 unspecified atom stereocenters. The summed E-state index contributed by atoms with van der Waals surface area (Å²) in [5, 5.41) is 24.9. The number of halogens is 2. The van der Waals surface area contributed by atoms with Crippen molar-refractivity contribution in [2.75, 3.05) is 18.1 Å². The second kappa shape index (κ2) is 16.3. The molecule has 1 atom stereocenters. The fraction of sp³-hybridized carbons (Fsp3) is 0.257. The largest absolute Gasteiger partial charge is 0.477 e. The molecule has 4 N–H and O–H groups in total. The molecule has 1 saturated heterocycles. The minimum Gasteiger partial charge on any atom is -0.477 e. The van der Waals surface area contributed by atoms with Crippen LogP contribution >= 0.6 is 0 Å². The van der Waals surface area contributed by atoms with Crippen LogP contribution in [-0.2, 0) is 22.9 Å². The van der Waals surface area contributed by atoms with E-state index in [1.807, 2.05) is 0 Å². The Balaban J connectivity index is 0.000000198. The molecule has 1 fully saturated rings. The van der Waals surface area contributed by atoms with Gasteiger partial charge in [0.15, 0.2) is 15.5 Å². The van der Waals surface area contributed by atoms with Crippen molar-refractivity contribution in [1.82, 2.24) is 55.1 Å². The van der Waals surface area contributed by atoms with E-state index in [0.29, 0.717) is 28.7 Å². The molecule has 7 rings (SSSR count). The molecule has 0 saturated carbocycles. The summed E-state index contributed by atoms with van der Waals surface area (Å²) in [5.41, 5.74) is 2.07. The average Bonchev–Trinajstić information content (AvgIpc) is 3.93. The molecule has 1 aliphatic heterocycles. The number of sulfone groups is 1. The lowest BCUT2D eigenvalue weighted by molar-refractivity contribution is 0.0686. The number of rotatable bonds is 10. The number of carboxylic acids is 1. The van der Waals surface area contributed by atoms with Gasteiger partial charge in [0, 0.05) is 31.8 Å². The first kappa shape index (κ1) is 38.9. The Morgan fingerprint density at radius 1 is 0.750 bits per heavy atom. The Kier molecular flexibility index (Phi) is 11.3. The summed E-state index contributed by atoms with van der Waals surface area (Å²) in [5.74, 6) is -3.43. The Hall–Kier alpha value is -6.77. The number of nitrogens with one attached hydrogen (secondary N) is 3. The lowest BCUT2D eigenvalue weighted by Gasteiger charge is -2.11. The van der Waals surface area contributed by atoms with Crippen molar-refractivity contribution in [2.45, 2.75) is 33.4 Å². The van der Waals surface area contributed by atoms with Crippen LogP contribution in [0.5, 0.6) is 0 Å². The fourth-order valence-electron chi connectivity index (χ4n) is 5.71. The number of hydrogen-bond donors (Lipinski definition) is 4. The van der Waals surface area contributed by atoms with E-state index in [9.17, 15) is 41.5 Å². The molecular weight excluding hydrogens is 757 g/mol. The van der Waals surface area contributed by atoms with Crippen LogP contribution in [0, 0.1) is 31.4 Å². The van der Waals surface area contributed by atoms with E-state index < -0.39 is 33.5 Å². The molecule has 5 heterocycles. The van der Waals surface area contributed by atoms with Gasteiger partial charge in [-0.25, -0.2) is 32.0 Å². The van der Waals surface area contributed by atoms with Crippen LogP contribution in [0.15, 0.2) is 61.2 Å². The number of fused-ring (bicyclic) bond motifs is 2. The van der Waals surface area contributed by atoms with Gasteiger partial charge < -0.3 is 21.1 Å². The molecule has 0 bridgehead atoms. The quantitative estimate of drug-likeness (QED) is 0.155. The number of hydrogen-bond acceptors (Lipinski definition) is 12. The van der Waals surface area contributed by atoms with E-state index in [-0.39, 0.29) is 83.0 Å². The molecule has 290 valence electrons. The number of aryl methyl sites for hydroxylation is 2. The summed E-state index contributed by atoms with van der Waals surface area (Å²) in [6, 6.07) is 11.4. The minimum atomic E-state index is -3.05. The third-order valence-electron chi connectivity index (χ3n) is 8.65. The first-order chi connectivity index (χ1) is 26.7. The van der Waals surface area contributed by atoms with E-state index in [4.69, 9.17) is 0 Å². The SMILES string of the molecule is Cc1cc(CNC(=O)c2cc(C(=O)NCC3CCS(=O)(=O)C3)n3ncnc3n2)ccc1F.Cc1cc(CNC(=O)c2cc(C(=O)O)n3ncnc3n2)ccc1F. The second-order valence-electron chi connectivity index (χ2n) is 12.8. The molecular formula is C35H33F2N11O7S. The summed E-state index contributed by atoms with van der Waals surface area (Å²) >= 11 is 0. The number of nitrogens with zero attached hydrogens (tertiary/aromatic N) is 8. The molecule has 0 spiro atoms. The molecule has 56 heavy (non-hydrogen) atoms. The van der Waals surface area contributed by atoms with E-state index >= 15 is 0 Å². The molecule has 18 nitrogen and oxygen atoms in total. The van der Waals surface area contributed by atoms with Gasteiger partial charge in [-0.05, 0) is 60.6 Å². The predicted molar refractivity (Wildman–Crippen MR) is 192 cm³/mol. The number of carboxylic acid groups (broad SMARTS) is 1. The topological polar surface area (TPSA) is 245 Å². The molecule has 6 aromatic rings. The summed E-state index contributed by atoms with van der Waals surface area (Å²) in [6.07, 6.45) is 2.86. The first-order valence-electron chi connectivity index (χ1n) is 16.9. The minimum absolute atomic E-state index is 0.0117. The van der Waals surface area contributed by atoms with Crippen molar-refractivity contribution in [2.24, 2.45) is 5.92 Å². The second-order valence-corrected chi connectivity index (χ2v) is 15.0. The molecule has 3 amide bonds. The summed E-state index contributed by atoms with van der Waals surface area (Å²) in [6.45, 7) is 3.76. The fourth-order valence-corrected chi connectivity index (χ4v) is 7.57. The molecule has 1 aliphatic rings. The van der Waals surface area contributed by atoms with Gasteiger partial charge >= 0.3 is 5.97 Å². The maximum absolute atomic E-state index is 13.4. The maximum Gasteiger partial charge on any atom is 0.354 e. The standard InChI is InChI=1S/C20H21FN6O4S.C15H12FN5O3/c1-12-6-13(2-3-15(12)21)8-22-18(28)16-7-17(27-20(26-16)24-11-25-27)19(29)23-9-14-4-5-32(30,31)10-14;1-8-4-9(2-3-10(8)16)6-17-13(22)11-5-12(14(23)24)21-15(20-11)18-7-19-21/h2-3,6-7,11,14H,4-5,8-10H2,1H3,(H,22,28)(H,23,29);2-5,7H,6H2,1H3,(H,17,22)(H,23,24). The number of benzene rings is 2. The van der Waals surface area contributed by atoms with Crippen molar-refractivity contribution in [3.63, 3.8) is 0 Å². The zero-order valence-electron chi connectivity index (χ0n) is 29.7. The maximum atomic E-state index is 13.4. The Morgan fingerprint density at radius 2 is 1.25 bits per heavy atom. The number of carbonyl (C=O) groups excluding carboxylic acids is 3. The van der Waals surface area contributed by atoms with Crippen molar-refractivity contribution in [3.8, 4) is 0 Å². The third-order valence-corrected chi connectivity index (χ3v) is 10.5. The van der Waals surface area contributed by atoms with Gasteiger partial charge in [0.1, 0.15) is 41.4 Å². The summed E-state index contributed by atoms with van der Waals surface area (Å²) in [7, 11) is -3.05. The van der Waals surface area contributed by atoms with Gasteiger partial charge in [0.25, 0.3) is 29.3 Å². The molecule has 0 aliphatic carbocycles. The van der Waals surface area contributed by atoms with Crippen molar-refractivity contribution >= 4 is 45.1 Å². The highest BCUT2D eigenvalue weighted by atomic mass is 32.2. The molecule has 2 aromatic carbocycles. The van der Waals surface area contributed by atoms with Crippen LogP contribution in [0.3, 0.4) is 0 Å². The van der Waals surface area contributed by atoms with Crippen LogP contribution in [0.25, 0.3) is 11.6 Å². The van der Waals surface area contributed by atoms with E-state index in [0.717, 1.165) is 16.9 Å². The lowest BCUT2D eigenvalue weighted by Crippen LogP contribution is -2.32. The van der Waals surface area contributed by atoms with Crippen LogP contribution in [0.2, 0.25) is 0 Å². The first-order valence-corrected chi connectivity index (χ1v) is 18.7. The Labute approximate surface area is 316 Å². The average molecular weight is 790 g/mol. The van der Waals surface area contributed by atoms with Gasteiger partial charge in [0.2, 0.25) is 0 Å². The van der Waals surface area contributed by atoms with Gasteiger partial charge in [-0.3, -0.25) is 14.4 Å². The van der Waals surface area contributed by atoms with Gasteiger partial charge in [-0.1, -0.05) is 24.3 Å². The zero-order chi connectivity index (χ0) is 40.1. The third kappa shape index (κ3) is 9.12. The van der Waals surface area contributed by atoms with Gasteiger partial charge in [0.05, 0.1) is 11.5 Å². The van der Waals surface area contributed by atoms with E-state index in [1.54, 1.807) is 38.1 Å². The van der Waals surface area contributed by atoms with Crippen molar-refractivity contribution in [1.29, 1.82) is 0 Å². The summed E-state index contributed by atoms with van der Waals surface area (Å²) in [4.78, 5) is 64.7. The number of amides is 3. The highest BCUT2D eigenvalue weighted by Gasteiger charge is 2.28. The number of aromatic carboxylic acids is 1. The summed E-state index contributed by atoms with van der Waals surface area (Å²) < 4.78 is 52.1. The van der Waals surface area contributed by atoms with Crippen LogP contribution < -0.4 is 16.0 Å². The Bertz CT molecular complexity index is 2610. The monoisotopic (exact) mass is 789 g/mol. The van der Waals surface area contributed by atoms with Gasteiger partial charge in [-0.2, -0.15) is 29.2 Å². The normalized spacial score (nSPS) is 14.5. The van der Waals surface area contributed by atoms with E-state index in [1.165, 1.54) is 29.0 Å². The molecule has 0 radical (unpaired) electrons. The molecule has 21 heteroatoms. The Morgan fingerprint density at radius 3 is 1.71 bits per heavy atom. The smallest absolute Gasteiger partial charge is 0.354 e. The van der Waals surface area contributed by atoms with Crippen LogP contribution in [0.1, 0.15) is 70.6 Å². The van der Waals surface area contributed by atoms with Crippen molar-refractivity contribution in [3.05, 3.63) is 118 Å². The highest BCUT2D eigenvalue weighted by molar-refractivity contribution is 7.91.